The van der Waals surface area contributed by atoms with Gasteiger partial charge < -0.3 is 15.3 Å². The molecule has 0 amide bonds. The van der Waals surface area contributed by atoms with Crippen molar-refractivity contribution in [3.8, 4) is 11.5 Å². The second-order valence-electron chi connectivity index (χ2n) is 7.19. The molecule has 0 aliphatic carbocycles. The van der Waals surface area contributed by atoms with Crippen molar-refractivity contribution >= 4 is 0 Å². The average Bonchev–Trinajstić information content (AvgIpc) is 2.49. The number of aliphatic hydroxyl groups is 1. The molecular weight excluding hydrogens is 300 g/mol. The van der Waals surface area contributed by atoms with Crippen molar-refractivity contribution in [2.45, 2.75) is 58.0 Å². The summed E-state index contributed by atoms with van der Waals surface area (Å²) in [4.78, 5) is 0. The second kappa shape index (κ2) is 8.20. The summed E-state index contributed by atoms with van der Waals surface area (Å²) in [5.74, 6) is 0.206. The highest BCUT2D eigenvalue weighted by atomic mass is 16.3. The summed E-state index contributed by atoms with van der Waals surface area (Å²) in [7, 11) is 0. The minimum atomic E-state index is -0.565. The molecule has 130 valence electrons. The zero-order chi connectivity index (χ0) is 17.6. The predicted octanol–water partition coefficient (Wildman–Crippen LogP) is 4.37. The monoisotopic (exact) mass is 328 g/mol. The van der Waals surface area contributed by atoms with Crippen LogP contribution in [0.25, 0.3) is 0 Å². The third-order valence-electron chi connectivity index (χ3n) is 4.19. The molecule has 0 aliphatic rings. The first kappa shape index (κ1) is 18.3. The predicted molar refractivity (Wildman–Crippen MR) is 97.5 cm³/mol. The van der Waals surface area contributed by atoms with E-state index in [1.54, 1.807) is 12.1 Å². The Balaban J connectivity index is 1.79. The molecule has 0 atom stereocenters. The molecule has 0 spiro atoms. The van der Waals surface area contributed by atoms with Gasteiger partial charge in [-0.1, -0.05) is 30.7 Å². The summed E-state index contributed by atoms with van der Waals surface area (Å²) >= 11 is 0. The van der Waals surface area contributed by atoms with Crippen molar-refractivity contribution in [1.29, 1.82) is 0 Å². The van der Waals surface area contributed by atoms with Gasteiger partial charge in [-0.3, -0.25) is 0 Å². The summed E-state index contributed by atoms with van der Waals surface area (Å²) in [5.41, 5.74) is 2.94. The maximum absolute atomic E-state index is 9.71. The molecular formula is C21H28O3. The van der Waals surface area contributed by atoms with Gasteiger partial charge in [0.15, 0.2) is 0 Å². The number of phenols is 2. The van der Waals surface area contributed by atoms with Crippen LogP contribution < -0.4 is 0 Å². The van der Waals surface area contributed by atoms with Gasteiger partial charge in [-0.05, 0) is 74.8 Å². The second-order valence-corrected chi connectivity index (χ2v) is 7.19. The van der Waals surface area contributed by atoms with E-state index in [0.29, 0.717) is 0 Å². The lowest BCUT2D eigenvalue weighted by atomic mass is 9.98. The molecule has 0 aromatic heterocycles. The van der Waals surface area contributed by atoms with Crippen molar-refractivity contribution in [1.82, 2.24) is 0 Å². The first-order valence-electron chi connectivity index (χ1n) is 8.64. The Hall–Kier alpha value is -2.00. The third-order valence-corrected chi connectivity index (χ3v) is 4.19. The van der Waals surface area contributed by atoms with Gasteiger partial charge in [0.2, 0.25) is 0 Å². The molecule has 0 heterocycles. The summed E-state index contributed by atoms with van der Waals surface area (Å²) in [5, 5.41) is 28.7. The Bertz CT molecular complexity index is 619. The molecule has 0 saturated heterocycles. The molecule has 3 N–H and O–H groups in total. The number of unbranched alkanes of at least 4 members (excludes halogenated alkanes) is 1. The van der Waals surface area contributed by atoms with Crippen LogP contribution in [0.3, 0.4) is 0 Å². The highest BCUT2D eigenvalue weighted by Crippen LogP contribution is 2.22. The van der Waals surface area contributed by atoms with Gasteiger partial charge in [0.25, 0.3) is 0 Å². The number of phenolic OH excluding ortho intramolecular Hbond substituents is 2. The number of hydrogen-bond acceptors (Lipinski definition) is 3. The molecule has 24 heavy (non-hydrogen) atoms. The van der Waals surface area contributed by atoms with E-state index in [-0.39, 0.29) is 11.5 Å². The van der Waals surface area contributed by atoms with Crippen LogP contribution in [0.1, 0.15) is 49.8 Å². The van der Waals surface area contributed by atoms with Crippen LogP contribution in [-0.2, 0) is 19.3 Å². The van der Waals surface area contributed by atoms with Crippen molar-refractivity contribution in [2.75, 3.05) is 0 Å². The molecule has 2 aromatic carbocycles. The summed E-state index contributed by atoms with van der Waals surface area (Å²) in [6.07, 6.45) is 5.66. The maximum atomic E-state index is 9.71. The smallest absolute Gasteiger partial charge is 0.119 e. The van der Waals surface area contributed by atoms with Gasteiger partial charge in [-0.15, -0.1) is 0 Å². The van der Waals surface area contributed by atoms with Crippen molar-refractivity contribution < 1.29 is 15.3 Å². The summed E-state index contributed by atoms with van der Waals surface area (Å²) < 4.78 is 0. The van der Waals surface area contributed by atoms with Gasteiger partial charge in [-0.25, -0.2) is 0 Å². The fourth-order valence-corrected chi connectivity index (χ4v) is 2.85. The van der Waals surface area contributed by atoms with Crippen LogP contribution >= 0.6 is 0 Å². The van der Waals surface area contributed by atoms with E-state index >= 15 is 0 Å². The lowest BCUT2D eigenvalue weighted by molar-refractivity contribution is 0.0682. The van der Waals surface area contributed by atoms with Gasteiger partial charge in [0, 0.05) is 6.07 Å². The van der Waals surface area contributed by atoms with Crippen LogP contribution in [0.2, 0.25) is 0 Å². The van der Waals surface area contributed by atoms with Crippen LogP contribution in [0, 0.1) is 0 Å². The minimum Gasteiger partial charge on any atom is -0.508 e. The molecule has 0 fully saturated rings. The number of benzene rings is 2. The number of aromatic hydroxyl groups is 2. The Labute approximate surface area is 144 Å². The lowest BCUT2D eigenvalue weighted by Crippen LogP contribution is -2.17. The third kappa shape index (κ3) is 6.63. The molecule has 2 rings (SSSR count). The summed E-state index contributed by atoms with van der Waals surface area (Å²) in [6.45, 7) is 3.71. The van der Waals surface area contributed by atoms with Gasteiger partial charge in [0.05, 0.1) is 5.60 Å². The fraction of sp³-hybridized carbons (Fsp3) is 0.429. The minimum absolute atomic E-state index is 0.103. The first-order valence-corrected chi connectivity index (χ1v) is 8.64. The Kier molecular flexibility index (Phi) is 6.27. The fourth-order valence-electron chi connectivity index (χ4n) is 2.85. The molecule has 3 nitrogen and oxygen atoms in total. The average molecular weight is 328 g/mol. The van der Waals surface area contributed by atoms with E-state index in [2.05, 4.69) is 24.3 Å². The Morgan fingerprint density at radius 3 is 1.75 bits per heavy atom. The first-order chi connectivity index (χ1) is 11.3. The van der Waals surface area contributed by atoms with E-state index in [1.807, 2.05) is 13.8 Å². The highest BCUT2D eigenvalue weighted by Gasteiger charge is 2.11. The van der Waals surface area contributed by atoms with Crippen molar-refractivity contribution in [3.05, 3.63) is 59.2 Å². The van der Waals surface area contributed by atoms with E-state index in [9.17, 15) is 15.3 Å². The molecule has 0 radical (unpaired) electrons. The molecule has 0 bridgehead atoms. The summed E-state index contributed by atoms with van der Waals surface area (Å²) in [6, 6.07) is 13.4. The molecule has 0 saturated carbocycles. The van der Waals surface area contributed by atoms with E-state index < -0.39 is 5.60 Å². The van der Waals surface area contributed by atoms with Gasteiger partial charge in [0.1, 0.15) is 11.5 Å². The lowest BCUT2D eigenvalue weighted by Gasteiger charge is -2.16. The van der Waals surface area contributed by atoms with E-state index in [1.165, 1.54) is 17.2 Å². The topological polar surface area (TPSA) is 60.7 Å². The van der Waals surface area contributed by atoms with Crippen LogP contribution in [-0.4, -0.2) is 20.9 Å². The van der Waals surface area contributed by atoms with Crippen LogP contribution in [0.15, 0.2) is 42.5 Å². The normalized spacial score (nSPS) is 11.6. The standard InChI is InChI=1S/C21H28O3/c1-21(2,24)12-4-3-5-16-6-8-17(9-7-16)10-11-18-13-19(22)15-20(23)14-18/h6-9,13-15,22-24H,3-5,10-12H2,1-2H3. The maximum Gasteiger partial charge on any atom is 0.119 e. The number of aryl methyl sites for hydroxylation is 3. The Morgan fingerprint density at radius 2 is 1.21 bits per heavy atom. The van der Waals surface area contributed by atoms with Crippen LogP contribution in [0.5, 0.6) is 11.5 Å². The largest absolute Gasteiger partial charge is 0.508 e. The number of rotatable bonds is 8. The molecule has 0 aliphatic heterocycles. The van der Waals surface area contributed by atoms with Gasteiger partial charge >= 0.3 is 0 Å². The number of hydrogen-bond donors (Lipinski definition) is 3. The molecule has 0 unspecified atom stereocenters. The van der Waals surface area contributed by atoms with E-state index in [0.717, 1.165) is 44.1 Å². The van der Waals surface area contributed by atoms with E-state index in [4.69, 9.17) is 0 Å². The van der Waals surface area contributed by atoms with Gasteiger partial charge in [-0.2, -0.15) is 0 Å². The zero-order valence-electron chi connectivity index (χ0n) is 14.6. The van der Waals surface area contributed by atoms with Crippen molar-refractivity contribution in [2.24, 2.45) is 0 Å². The highest BCUT2D eigenvalue weighted by molar-refractivity contribution is 5.37. The SMILES string of the molecule is CC(C)(O)CCCCc1ccc(CCc2cc(O)cc(O)c2)cc1. The molecule has 3 heteroatoms. The van der Waals surface area contributed by atoms with Crippen molar-refractivity contribution in [3.63, 3.8) is 0 Å². The molecule has 2 aromatic rings. The quantitative estimate of drug-likeness (QED) is 0.631. The zero-order valence-corrected chi connectivity index (χ0v) is 14.6. The van der Waals surface area contributed by atoms with Crippen LogP contribution in [0.4, 0.5) is 0 Å². The Morgan fingerprint density at radius 1 is 0.708 bits per heavy atom.